The standard InChI is InChI=1S/C16H31N3O2/c1-3-11-19-12-8-15(9-13-19)18-16(21)7-5-4-6-10-17-14(2)20/h15H,3-13H2,1-2H3,(H,17,20)(H,18,21). The summed E-state index contributed by atoms with van der Waals surface area (Å²) < 4.78 is 0. The fraction of sp³-hybridized carbons (Fsp3) is 0.875. The zero-order valence-corrected chi connectivity index (χ0v) is 13.6. The molecule has 0 saturated carbocycles. The van der Waals surface area contributed by atoms with Crippen LogP contribution in [0, 0.1) is 0 Å². The van der Waals surface area contributed by atoms with E-state index in [1.54, 1.807) is 0 Å². The number of amides is 2. The zero-order valence-electron chi connectivity index (χ0n) is 13.6. The average molecular weight is 297 g/mol. The molecule has 5 heteroatoms. The minimum Gasteiger partial charge on any atom is -0.356 e. The number of hydrogen-bond acceptors (Lipinski definition) is 3. The number of hydrogen-bond donors (Lipinski definition) is 2. The van der Waals surface area contributed by atoms with Crippen molar-refractivity contribution in [2.24, 2.45) is 0 Å². The molecule has 21 heavy (non-hydrogen) atoms. The molecule has 0 spiro atoms. The monoisotopic (exact) mass is 297 g/mol. The van der Waals surface area contributed by atoms with Crippen LogP contribution in [0.2, 0.25) is 0 Å². The summed E-state index contributed by atoms with van der Waals surface area (Å²) in [5, 5.41) is 5.92. The minimum absolute atomic E-state index is 0.0159. The van der Waals surface area contributed by atoms with Gasteiger partial charge in [0.1, 0.15) is 0 Å². The number of carbonyl (C=O) groups excluding carboxylic acids is 2. The molecule has 1 rings (SSSR count). The highest BCUT2D eigenvalue weighted by atomic mass is 16.2. The van der Waals surface area contributed by atoms with Crippen LogP contribution in [0.15, 0.2) is 0 Å². The van der Waals surface area contributed by atoms with E-state index in [9.17, 15) is 9.59 Å². The molecule has 122 valence electrons. The van der Waals surface area contributed by atoms with Crippen molar-refractivity contribution in [1.29, 1.82) is 0 Å². The Morgan fingerprint density at radius 2 is 1.86 bits per heavy atom. The van der Waals surface area contributed by atoms with Gasteiger partial charge in [-0.1, -0.05) is 13.3 Å². The SMILES string of the molecule is CCCN1CCC(NC(=O)CCCCCNC(C)=O)CC1. The lowest BCUT2D eigenvalue weighted by Crippen LogP contribution is -2.44. The summed E-state index contributed by atoms with van der Waals surface area (Å²) in [5.74, 6) is 0.200. The number of piperidine rings is 1. The van der Waals surface area contributed by atoms with Crippen molar-refractivity contribution in [1.82, 2.24) is 15.5 Å². The number of unbranched alkanes of at least 4 members (excludes halogenated alkanes) is 2. The smallest absolute Gasteiger partial charge is 0.220 e. The van der Waals surface area contributed by atoms with E-state index in [1.165, 1.54) is 19.9 Å². The van der Waals surface area contributed by atoms with E-state index in [-0.39, 0.29) is 11.8 Å². The van der Waals surface area contributed by atoms with Crippen molar-refractivity contribution in [2.45, 2.75) is 64.8 Å². The van der Waals surface area contributed by atoms with Crippen LogP contribution >= 0.6 is 0 Å². The van der Waals surface area contributed by atoms with Crippen molar-refractivity contribution in [3.63, 3.8) is 0 Å². The molecule has 2 amide bonds. The first-order valence-corrected chi connectivity index (χ1v) is 8.38. The predicted molar refractivity (Wildman–Crippen MR) is 85.0 cm³/mol. The van der Waals surface area contributed by atoms with E-state index in [4.69, 9.17) is 0 Å². The molecule has 0 radical (unpaired) electrons. The molecule has 0 bridgehead atoms. The van der Waals surface area contributed by atoms with Gasteiger partial charge in [0.2, 0.25) is 11.8 Å². The molecule has 0 unspecified atom stereocenters. The lowest BCUT2D eigenvalue weighted by molar-refractivity contribution is -0.122. The van der Waals surface area contributed by atoms with Crippen LogP contribution in [-0.2, 0) is 9.59 Å². The highest BCUT2D eigenvalue weighted by molar-refractivity contribution is 5.76. The Labute approximate surface area is 128 Å². The van der Waals surface area contributed by atoms with Gasteiger partial charge in [0.05, 0.1) is 0 Å². The third kappa shape index (κ3) is 8.71. The second kappa shape index (κ2) is 10.6. The van der Waals surface area contributed by atoms with Gasteiger partial charge >= 0.3 is 0 Å². The van der Waals surface area contributed by atoms with Gasteiger partial charge in [-0.2, -0.15) is 0 Å². The minimum atomic E-state index is 0.0159. The molecule has 1 aliphatic rings. The first kappa shape index (κ1) is 18.0. The summed E-state index contributed by atoms with van der Waals surface area (Å²) in [4.78, 5) is 25.0. The Morgan fingerprint density at radius 3 is 2.48 bits per heavy atom. The quantitative estimate of drug-likeness (QED) is 0.637. The van der Waals surface area contributed by atoms with Crippen molar-refractivity contribution in [2.75, 3.05) is 26.2 Å². The predicted octanol–water partition coefficient (Wildman–Crippen LogP) is 1.67. The largest absolute Gasteiger partial charge is 0.356 e. The maximum Gasteiger partial charge on any atom is 0.220 e. The van der Waals surface area contributed by atoms with Crippen LogP contribution in [0.1, 0.15) is 58.8 Å². The molecule has 0 aromatic carbocycles. The van der Waals surface area contributed by atoms with Gasteiger partial charge in [-0.15, -0.1) is 0 Å². The zero-order chi connectivity index (χ0) is 15.5. The van der Waals surface area contributed by atoms with E-state index in [1.807, 2.05) is 0 Å². The number of nitrogens with one attached hydrogen (secondary N) is 2. The van der Waals surface area contributed by atoms with Gasteiger partial charge in [-0.3, -0.25) is 9.59 Å². The normalized spacial score (nSPS) is 16.7. The first-order valence-electron chi connectivity index (χ1n) is 8.38. The fourth-order valence-corrected chi connectivity index (χ4v) is 2.77. The number of likely N-dealkylation sites (tertiary alicyclic amines) is 1. The van der Waals surface area contributed by atoms with E-state index in [0.717, 1.165) is 45.2 Å². The van der Waals surface area contributed by atoms with Crippen LogP contribution in [0.25, 0.3) is 0 Å². The van der Waals surface area contributed by atoms with Gasteiger partial charge in [0.15, 0.2) is 0 Å². The van der Waals surface area contributed by atoms with Gasteiger partial charge < -0.3 is 15.5 Å². The summed E-state index contributed by atoms with van der Waals surface area (Å²) in [6.45, 7) is 7.84. The molecule has 1 aliphatic heterocycles. The topological polar surface area (TPSA) is 61.4 Å². The molecular formula is C16H31N3O2. The molecule has 0 aromatic rings. The van der Waals surface area contributed by atoms with Gasteiger partial charge in [0.25, 0.3) is 0 Å². The van der Waals surface area contributed by atoms with Gasteiger partial charge in [-0.05, 0) is 38.6 Å². The van der Waals surface area contributed by atoms with E-state index >= 15 is 0 Å². The molecular weight excluding hydrogens is 266 g/mol. The van der Waals surface area contributed by atoms with Crippen LogP contribution < -0.4 is 10.6 Å². The van der Waals surface area contributed by atoms with Crippen molar-refractivity contribution >= 4 is 11.8 Å². The molecule has 0 aliphatic carbocycles. The van der Waals surface area contributed by atoms with E-state index in [2.05, 4.69) is 22.5 Å². The Balaban J connectivity index is 2.00. The fourth-order valence-electron chi connectivity index (χ4n) is 2.77. The average Bonchev–Trinajstić information content (AvgIpc) is 2.45. The van der Waals surface area contributed by atoms with Gasteiger partial charge in [-0.25, -0.2) is 0 Å². The maximum absolute atomic E-state index is 11.9. The summed E-state index contributed by atoms with van der Waals surface area (Å²) in [5.41, 5.74) is 0. The van der Waals surface area contributed by atoms with Crippen LogP contribution in [0.5, 0.6) is 0 Å². The second-order valence-electron chi connectivity index (χ2n) is 5.98. The summed E-state index contributed by atoms with van der Waals surface area (Å²) in [6.07, 6.45) is 6.80. The third-order valence-electron chi connectivity index (χ3n) is 3.95. The van der Waals surface area contributed by atoms with Gasteiger partial charge in [0, 0.05) is 39.0 Å². The van der Waals surface area contributed by atoms with E-state index < -0.39 is 0 Å². The Bertz CT molecular complexity index is 313. The number of carbonyl (C=O) groups is 2. The maximum atomic E-state index is 11.9. The molecule has 0 aromatic heterocycles. The number of nitrogens with zero attached hydrogens (tertiary/aromatic N) is 1. The molecule has 5 nitrogen and oxygen atoms in total. The lowest BCUT2D eigenvalue weighted by Gasteiger charge is -2.32. The second-order valence-corrected chi connectivity index (χ2v) is 5.98. The lowest BCUT2D eigenvalue weighted by atomic mass is 10.0. The van der Waals surface area contributed by atoms with Crippen LogP contribution in [0.4, 0.5) is 0 Å². The molecule has 0 atom stereocenters. The van der Waals surface area contributed by atoms with Crippen molar-refractivity contribution in [3.8, 4) is 0 Å². The van der Waals surface area contributed by atoms with Crippen molar-refractivity contribution in [3.05, 3.63) is 0 Å². The number of rotatable bonds is 9. The molecule has 2 N–H and O–H groups in total. The Morgan fingerprint density at radius 1 is 1.14 bits per heavy atom. The van der Waals surface area contributed by atoms with Crippen LogP contribution in [0.3, 0.4) is 0 Å². The summed E-state index contributed by atoms with van der Waals surface area (Å²) in [7, 11) is 0. The Kier molecular flexibility index (Phi) is 9.06. The molecule has 1 fully saturated rings. The van der Waals surface area contributed by atoms with Crippen LogP contribution in [-0.4, -0.2) is 48.9 Å². The Hall–Kier alpha value is -1.10. The summed E-state index contributed by atoms with van der Waals surface area (Å²) >= 11 is 0. The summed E-state index contributed by atoms with van der Waals surface area (Å²) in [6, 6.07) is 0.366. The molecule has 1 heterocycles. The van der Waals surface area contributed by atoms with E-state index in [0.29, 0.717) is 19.0 Å². The highest BCUT2D eigenvalue weighted by Gasteiger charge is 2.19. The van der Waals surface area contributed by atoms with Crippen molar-refractivity contribution < 1.29 is 9.59 Å². The molecule has 1 saturated heterocycles. The first-order chi connectivity index (χ1) is 10.1. The highest BCUT2D eigenvalue weighted by Crippen LogP contribution is 2.11. The third-order valence-corrected chi connectivity index (χ3v) is 3.95.